The monoisotopic (exact) mass is 236 g/mol. The molecule has 2 nitrogen and oxygen atoms in total. The van der Waals surface area contributed by atoms with Gasteiger partial charge in [-0.2, -0.15) is 0 Å². The normalized spacial score (nSPS) is 5.12. The highest BCUT2D eigenvalue weighted by Gasteiger charge is 1.64. The SMILES string of the molecule is C=N.CC.CC.CC.CCC.CCCNC. The predicted molar refractivity (Wildman–Crippen MR) is 84.1 cm³/mol. The second kappa shape index (κ2) is 206. The highest BCUT2D eigenvalue weighted by molar-refractivity contribution is 5.15. The predicted octanol–water partition coefficient (Wildman–Crippen LogP) is 5.38. The summed E-state index contributed by atoms with van der Waals surface area (Å²) in [5.41, 5.74) is 0. The summed E-state index contributed by atoms with van der Waals surface area (Å²) in [5, 5.41) is 8.52. The van der Waals surface area contributed by atoms with E-state index in [-0.39, 0.29) is 0 Å². The van der Waals surface area contributed by atoms with Crippen LogP contribution in [-0.4, -0.2) is 20.3 Å². The molecular formula is C14H40N2. The molecule has 0 radical (unpaired) electrons. The average molecular weight is 236 g/mol. The standard InChI is InChI=1S/C4H11N.C3H8.3C2H6.CH3N/c1-3-4-5-2;1-3-2;4*1-2/h5H,3-4H2,1-2H3;3H2,1-2H3;3*1-2H3;2H,1H2. The zero-order chi connectivity index (χ0) is 14.8. The van der Waals surface area contributed by atoms with Crippen LogP contribution in [0.3, 0.4) is 0 Å². The molecule has 106 valence electrons. The summed E-state index contributed by atoms with van der Waals surface area (Å²) >= 11 is 0. The number of hydrogen-bond acceptors (Lipinski definition) is 2. The summed E-state index contributed by atoms with van der Waals surface area (Å²) in [6, 6.07) is 0. The van der Waals surface area contributed by atoms with Crippen molar-refractivity contribution in [3.8, 4) is 0 Å². The first-order valence-electron chi connectivity index (χ1n) is 6.83. The molecular weight excluding hydrogens is 196 g/mol. The molecule has 0 spiro atoms. The van der Waals surface area contributed by atoms with Crippen molar-refractivity contribution in [3.63, 3.8) is 0 Å². The Balaban J connectivity index is -0.0000000201. The van der Waals surface area contributed by atoms with Crippen molar-refractivity contribution in [1.82, 2.24) is 5.32 Å². The molecule has 0 aliphatic rings. The van der Waals surface area contributed by atoms with Gasteiger partial charge in [-0.25, -0.2) is 0 Å². The average Bonchev–Trinajstić information content (AvgIpc) is 2.41. The molecule has 0 aliphatic carbocycles. The summed E-state index contributed by atoms with van der Waals surface area (Å²) in [4.78, 5) is 0. The first kappa shape index (κ1) is 36.1. The topological polar surface area (TPSA) is 35.9 Å². The Kier molecular flexibility index (Phi) is 465. The minimum absolute atomic E-state index is 1.14. The van der Waals surface area contributed by atoms with E-state index in [1.807, 2.05) is 48.6 Å². The number of nitrogens with one attached hydrogen (secondary N) is 2. The van der Waals surface area contributed by atoms with Crippen LogP contribution < -0.4 is 5.32 Å². The third kappa shape index (κ3) is 818. The van der Waals surface area contributed by atoms with Crippen molar-refractivity contribution in [1.29, 1.82) is 5.41 Å². The molecule has 0 bridgehead atoms. The van der Waals surface area contributed by atoms with Crippen LogP contribution in [0.4, 0.5) is 0 Å². The molecule has 2 N–H and O–H groups in total. The molecule has 0 aliphatic heterocycles. The van der Waals surface area contributed by atoms with E-state index in [0.717, 1.165) is 6.54 Å². The highest BCUT2D eigenvalue weighted by Crippen LogP contribution is 1.62. The smallest absolute Gasteiger partial charge is 0.00546 e. The van der Waals surface area contributed by atoms with E-state index in [0.29, 0.717) is 0 Å². The Morgan fingerprint density at radius 2 is 1.00 bits per heavy atom. The second-order valence-corrected chi connectivity index (χ2v) is 1.81. The summed E-state index contributed by atoms with van der Waals surface area (Å²) in [6.07, 6.45) is 2.48. The Hall–Kier alpha value is -0.370. The van der Waals surface area contributed by atoms with E-state index in [9.17, 15) is 0 Å². The molecule has 0 amide bonds. The van der Waals surface area contributed by atoms with Crippen LogP contribution in [0.15, 0.2) is 0 Å². The quantitative estimate of drug-likeness (QED) is 0.621. The molecule has 0 saturated heterocycles. The maximum atomic E-state index is 5.50. The fraction of sp³-hybridized carbons (Fsp3) is 0.929. The van der Waals surface area contributed by atoms with E-state index in [2.05, 4.69) is 32.8 Å². The van der Waals surface area contributed by atoms with Crippen LogP contribution in [0.1, 0.15) is 75.2 Å². The van der Waals surface area contributed by atoms with Crippen molar-refractivity contribution in [2.75, 3.05) is 13.6 Å². The highest BCUT2D eigenvalue weighted by atomic mass is 14.8. The molecule has 0 atom stereocenters. The van der Waals surface area contributed by atoms with Crippen molar-refractivity contribution in [3.05, 3.63) is 0 Å². The van der Waals surface area contributed by atoms with Crippen LogP contribution in [-0.2, 0) is 0 Å². The minimum atomic E-state index is 1.14. The van der Waals surface area contributed by atoms with Gasteiger partial charge in [0, 0.05) is 0 Å². The first-order chi connectivity index (χ1) is 7.83. The molecule has 2 heteroatoms. The Morgan fingerprint density at radius 1 is 0.812 bits per heavy atom. The third-order valence-corrected chi connectivity index (χ3v) is 0.500. The summed E-state index contributed by atoms with van der Waals surface area (Å²) in [5.74, 6) is 0. The van der Waals surface area contributed by atoms with Crippen LogP contribution >= 0.6 is 0 Å². The molecule has 0 aromatic carbocycles. The van der Waals surface area contributed by atoms with E-state index >= 15 is 0 Å². The lowest BCUT2D eigenvalue weighted by Gasteiger charge is -1.84. The van der Waals surface area contributed by atoms with Crippen molar-refractivity contribution < 1.29 is 0 Å². The van der Waals surface area contributed by atoms with Gasteiger partial charge in [0.2, 0.25) is 0 Å². The maximum absolute atomic E-state index is 5.50. The number of rotatable bonds is 2. The minimum Gasteiger partial charge on any atom is -0.320 e. The Labute approximate surface area is 107 Å². The third-order valence-electron chi connectivity index (χ3n) is 0.500. The zero-order valence-electron chi connectivity index (χ0n) is 13.8. The van der Waals surface area contributed by atoms with Gasteiger partial charge in [-0.05, 0) is 26.7 Å². The van der Waals surface area contributed by atoms with Gasteiger partial charge < -0.3 is 10.7 Å². The van der Waals surface area contributed by atoms with E-state index in [1.54, 1.807) is 0 Å². The van der Waals surface area contributed by atoms with E-state index in [4.69, 9.17) is 5.41 Å². The molecule has 0 rings (SSSR count). The van der Waals surface area contributed by atoms with Gasteiger partial charge in [-0.3, -0.25) is 0 Å². The fourth-order valence-electron chi connectivity index (χ4n) is 0.250. The van der Waals surface area contributed by atoms with Gasteiger partial charge in [-0.1, -0.05) is 68.7 Å². The summed E-state index contributed by atoms with van der Waals surface area (Å²) in [7, 11) is 1.96. The van der Waals surface area contributed by atoms with Crippen molar-refractivity contribution in [2.45, 2.75) is 75.2 Å². The van der Waals surface area contributed by atoms with Gasteiger partial charge in [0.05, 0.1) is 0 Å². The second-order valence-electron chi connectivity index (χ2n) is 1.81. The van der Waals surface area contributed by atoms with Gasteiger partial charge in [-0.15, -0.1) is 0 Å². The molecule has 0 unspecified atom stereocenters. The van der Waals surface area contributed by atoms with E-state index < -0.39 is 0 Å². The van der Waals surface area contributed by atoms with Crippen LogP contribution in [0.25, 0.3) is 0 Å². The Bertz CT molecular complexity index is 29.9. The zero-order valence-corrected chi connectivity index (χ0v) is 13.8. The lowest BCUT2D eigenvalue weighted by molar-refractivity contribution is 0.772. The number of hydrogen-bond donors (Lipinski definition) is 2. The molecule has 16 heavy (non-hydrogen) atoms. The van der Waals surface area contributed by atoms with Gasteiger partial charge >= 0.3 is 0 Å². The van der Waals surface area contributed by atoms with Gasteiger partial charge in [0.15, 0.2) is 0 Å². The summed E-state index contributed by atoms with van der Waals surface area (Å²) < 4.78 is 0. The van der Waals surface area contributed by atoms with Crippen molar-refractivity contribution >= 4 is 6.72 Å². The lowest BCUT2D eigenvalue weighted by atomic mass is 10.5. The maximum Gasteiger partial charge on any atom is -0.00546 e. The van der Waals surface area contributed by atoms with Crippen molar-refractivity contribution in [2.24, 2.45) is 0 Å². The molecule has 0 aromatic rings. The van der Waals surface area contributed by atoms with Gasteiger partial charge in [0.1, 0.15) is 0 Å². The fourth-order valence-corrected chi connectivity index (χ4v) is 0.250. The lowest BCUT2D eigenvalue weighted by Crippen LogP contribution is -2.04. The molecule has 0 saturated carbocycles. The van der Waals surface area contributed by atoms with Crippen LogP contribution in [0, 0.1) is 5.41 Å². The van der Waals surface area contributed by atoms with Crippen LogP contribution in [0.5, 0.6) is 0 Å². The van der Waals surface area contributed by atoms with Gasteiger partial charge in [0.25, 0.3) is 0 Å². The molecule has 0 heterocycles. The molecule has 0 aromatic heterocycles. The molecule has 0 fully saturated rings. The Morgan fingerprint density at radius 3 is 1.00 bits per heavy atom. The largest absolute Gasteiger partial charge is 0.320 e. The summed E-state index contributed by atoms with van der Waals surface area (Å²) in [6.45, 7) is 22.0. The van der Waals surface area contributed by atoms with Crippen LogP contribution in [0.2, 0.25) is 0 Å². The van der Waals surface area contributed by atoms with E-state index in [1.165, 1.54) is 12.8 Å². The first-order valence-corrected chi connectivity index (χ1v) is 6.83.